The highest BCUT2D eigenvalue weighted by Gasteiger charge is 2.15. The molecule has 2 heterocycles. The van der Waals surface area contributed by atoms with E-state index in [0.717, 1.165) is 16.7 Å². The van der Waals surface area contributed by atoms with Crippen molar-refractivity contribution in [2.24, 2.45) is 4.99 Å². The highest BCUT2D eigenvalue weighted by Crippen LogP contribution is 2.23. The Morgan fingerprint density at radius 1 is 1.18 bits per heavy atom. The van der Waals surface area contributed by atoms with Crippen LogP contribution < -0.4 is 10.0 Å². The fourth-order valence-corrected chi connectivity index (χ4v) is 5.26. The van der Waals surface area contributed by atoms with Gasteiger partial charge < -0.3 is 5.32 Å². The molecule has 8 nitrogen and oxygen atoms in total. The minimum atomic E-state index is -3.82. The van der Waals surface area contributed by atoms with E-state index >= 15 is 0 Å². The van der Waals surface area contributed by atoms with Gasteiger partial charge in [-0.25, -0.2) is 8.42 Å². The first kappa shape index (κ1) is 20.9. The number of carbonyl (C=O) groups is 1. The minimum Gasteiger partial charge on any atom is -0.326 e. The van der Waals surface area contributed by atoms with Crippen molar-refractivity contribution in [1.29, 1.82) is 0 Å². The van der Waals surface area contributed by atoms with Crippen molar-refractivity contribution in [2.45, 2.75) is 11.3 Å². The van der Waals surface area contributed by atoms with E-state index in [4.69, 9.17) is 11.6 Å². The molecule has 0 bridgehead atoms. The Bertz CT molecular complexity index is 966. The molecule has 2 aromatic rings. The van der Waals surface area contributed by atoms with Gasteiger partial charge in [0.2, 0.25) is 5.91 Å². The third-order valence-electron chi connectivity index (χ3n) is 3.43. The second kappa shape index (κ2) is 9.59. The maximum atomic E-state index is 12.4. The Balaban J connectivity index is 1.53. The molecule has 1 aromatic carbocycles. The van der Waals surface area contributed by atoms with Crippen molar-refractivity contribution in [3.63, 3.8) is 0 Å². The van der Waals surface area contributed by atoms with Gasteiger partial charge in [0.05, 0.1) is 11.4 Å². The van der Waals surface area contributed by atoms with E-state index in [2.05, 4.69) is 25.2 Å². The number of thioether (sulfide) groups is 2. The number of hydrogen-bond donors (Lipinski definition) is 2. The first-order chi connectivity index (χ1) is 13.4. The number of aliphatic imine (C=N–C) groups is 1. The molecule has 1 amide bonds. The zero-order valence-electron chi connectivity index (χ0n) is 14.5. The number of sulfonamides is 1. The summed E-state index contributed by atoms with van der Waals surface area (Å²) in [5, 5.41) is 10.2. The van der Waals surface area contributed by atoms with Crippen LogP contribution in [0, 0.1) is 0 Å². The third kappa shape index (κ3) is 6.09. The number of nitrogens with one attached hydrogen (secondary N) is 2. The van der Waals surface area contributed by atoms with E-state index in [0.29, 0.717) is 17.9 Å². The first-order valence-corrected chi connectivity index (χ1v) is 12.0. The van der Waals surface area contributed by atoms with Crippen LogP contribution in [0.15, 0.2) is 46.3 Å². The van der Waals surface area contributed by atoms with Gasteiger partial charge in [0.15, 0.2) is 11.0 Å². The van der Waals surface area contributed by atoms with Crippen LogP contribution >= 0.6 is 35.1 Å². The Labute approximate surface area is 176 Å². The summed E-state index contributed by atoms with van der Waals surface area (Å²) in [5.41, 5.74) is 0.521. The number of nitrogens with zero attached hydrogens (tertiary/aromatic N) is 3. The zero-order chi connectivity index (χ0) is 20.0. The molecule has 0 fully saturated rings. The van der Waals surface area contributed by atoms with E-state index in [9.17, 15) is 13.2 Å². The Morgan fingerprint density at radius 2 is 1.96 bits per heavy atom. The maximum absolute atomic E-state index is 12.4. The zero-order valence-corrected chi connectivity index (χ0v) is 17.7. The highest BCUT2D eigenvalue weighted by molar-refractivity contribution is 8.39. The molecule has 0 atom stereocenters. The van der Waals surface area contributed by atoms with Gasteiger partial charge >= 0.3 is 0 Å². The van der Waals surface area contributed by atoms with Gasteiger partial charge in [0.25, 0.3) is 10.0 Å². The Hall–Kier alpha value is -1.82. The van der Waals surface area contributed by atoms with Crippen LogP contribution in [-0.2, 0) is 14.8 Å². The molecule has 0 aliphatic carbocycles. The predicted octanol–water partition coefficient (Wildman–Crippen LogP) is 3.10. The molecule has 148 valence electrons. The van der Waals surface area contributed by atoms with E-state index in [1.165, 1.54) is 36.4 Å². The number of aromatic nitrogens is 2. The molecule has 1 aliphatic rings. The number of hydrogen-bond acceptors (Lipinski definition) is 8. The normalized spacial score (nSPS) is 13.8. The molecule has 0 spiro atoms. The van der Waals surface area contributed by atoms with E-state index in [1.807, 2.05) is 0 Å². The summed E-state index contributed by atoms with van der Waals surface area (Å²) in [7, 11) is -3.82. The summed E-state index contributed by atoms with van der Waals surface area (Å²) in [6, 6.07) is 8.71. The molecule has 28 heavy (non-hydrogen) atoms. The summed E-state index contributed by atoms with van der Waals surface area (Å²) in [5.74, 6) is 1.57. The lowest BCUT2D eigenvalue weighted by Gasteiger charge is -2.09. The second-order valence-electron chi connectivity index (χ2n) is 5.51. The molecule has 0 saturated heterocycles. The molecule has 12 heteroatoms. The summed E-state index contributed by atoms with van der Waals surface area (Å²) >= 11 is 8.91. The van der Waals surface area contributed by atoms with Crippen LogP contribution in [0.2, 0.25) is 5.15 Å². The van der Waals surface area contributed by atoms with E-state index in [1.54, 1.807) is 23.5 Å². The summed E-state index contributed by atoms with van der Waals surface area (Å²) in [4.78, 5) is 16.4. The molecule has 0 radical (unpaired) electrons. The smallest absolute Gasteiger partial charge is 0.263 e. The summed E-state index contributed by atoms with van der Waals surface area (Å²) in [6.07, 6.45) is 0.348. The molecule has 0 saturated carbocycles. The standard InChI is InChI=1S/C16H16ClN5O3S3/c17-13-5-6-14(21-20-13)22-28(24,25)12-3-1-11(2-4-12)19-15(23)7-9-26-16-18-8-10-27-16/h1-6H,7-10H2,(H,19,23)(H,21,22). The van der Waals surface area contributed by atoms with Crippen molar-refractivity contribution in [2.75, 3.05) is 28.1 Å². The fraction of sp³-hybridized carbons (Fsp3) is 0.250. The summed E-state index contributed by atoms with van der Waals surface area (Å²) < 4.78 is 28.1. The van der Waals surface area contributed by atoms with Crippen LogP contribution in [0.3, 0.4) is 0 Å². The van der Waals surface area contributed by atoms with Crippen LogP contribution in [0.5, 0.6) is 0 Å². The van der Waals surface area contributed by atoms with Gasteiger partial charge in [-0.05, 0) is 36.4 Å². The van der Waals surface area contributed by atoms with Crippen molar-refractivity contribution in [3.05, 3.63) is 41.6 Å². The SMILES string of the molecule is O=C(CCSC1=NCCS1)Nc1ccc(S(=O)(=O)Nc2ccc(Cl)nn2)cc1. The monoisotopic (exact) mass is 457 g/mol. The van der Waals surface area contributed by atoms with Crippen LogP contribution in [0.25, 0.3) is 0 Å². The first-order valence-electron chi connectivity index (χ1n) is 8.14. The number of amides is 1. The molecule has 1 aliphatic heterocycles. The average molecular weight is 458 g/mol. The van der Waals surface area contributed by atoms with Crippen molar-refractivity contribution in [1.82, 2.24) is 10.2 Å². The second-order valence-corrected chi connectivity index (χ2v) is 10.0. The summed E-state index contributed by atoms with van der Waals surface area (Å²) in [6.45, 7) is 0.841. The topological polar surface area (TPSA) is 113 Å². The number of rotatable bonds is 7. The number of anilines is 2. The molecule has 1 aromatic heterocycles. The average Bonchev–Trinajstić information content (AvgIpc) is 3.17. The van der Waals surface area contributed by atoms with Gasteiger partial charge in [-0.1, -0.05) is 35.1 Å². The van der Waals surface area contributed by atoms with Crippen molar-refractivity contribution >= 4 is 66.9 Å². The lowest BCUT2D eigenvalue weighted by Crippen LogP contribution is -2.15. The minimum absolute atomic E-state index is 0.0362. The highest BCUT2D eigenvalue weighted by atomic mass is 35.5. The van der Waals surface area contributed by atoms with E-state index in [-0.39, 0.29) is 21.8 Å². The van der Waals surface area contributed by atoms with E-state index < -0.39 is 10.0 Å². The van der Waals surface area contributed by atoms with Crippen molar-refractivity contribution < 1.29 is 13.2 Å². The molecule has 2 N–H and O–H groups in total. The van der Waals surface area contributed by atoms with Crippen LogP contribution in [-0.4, -0.2) is 46.9 Å². The van der Waals surface area contributed by atoms with Crippen molar-refractivity contribution in [3.8, 4) is 0 Å². The molecular weight excluding hydrogens is 442 g/mol. The lowest BCUT2D eigenvalue weighted by atomic mass is 10.3. The Kier molecular flexibility index (Phi) is 7.16. The number of benzene rings is 1. The van der Waals surface area contributed by atoms with Gasteiger partial charge in [-0.15, -0.1) is 10.2 Å². The van der Waals surface area contributed by atoms with Crippen LogP contribution in [0.4, 0.5) is 11.5 Å². The molecule has 3 rings (SSSR count). The fourth-order valence-electron chi connectivity index (χ4n) is 2.14. The Morgan fingerprint density at radius 3 is 2.61 bits per heavy atom. The largest absolute Gasteiger partial charge is 0.326 e. The lowest BCUT2D eigenvalue weighted by molar-refractivity contribution is -0.115. The van der Waals surface area contributed by atoms with Crippen LogP contribution in [0.1, 0.15) is 6.42 Å². The number of halogens is 1. The molecule has 0 unspecified atom stereocenters. The number of carbonyl (C=O) groups excluding carboxylic acids is 1. The predicted molar refractivity (Wildman–Crippen MR) is 115 cm³/mol. The molecular formula is C16H16ClN5O3S3. The quantitative estimate of drug-likeness (QED) is 0.656. The van der Waals surface area contributed by atoms with Gasteiger partial charge in [0, 0.05) is 23.6 Å². The van der Waals surface area contributed by atoms with Gasteiger partial charge in [-0.3, -0.25) is 14.5 Å². The maximum Gasteiger partial charge on any atom is 0.263 e. The third-order valence-corrected chi connectivity index (χ3v) is 7.26. The van der Waals surface area contributed by atoms with Gasteiger partial charge in [0.1, 0.15) is 4.38 Å². The van der Waals surface area contributed by atoms with Gasteiger partial charge in [-0.2, -0.15) is 0 Å².